The molecular formula is C16H24N6S. The Balaban J connectivity index is 1.57. The first-order chi connectivity index (χ1) is 11.1. The Bertz CT molecular complexity index is 607. The molecule has 0 radical (unpaired) electrons. The molecule has 0 bridgehead atoms. The number of thiazole rings is 1. The summed E-state index contributed by atoms with van der Waals surface area (Å²) in [5, 5.41) is 2.14. The van der Waals surface area contributed by atoms with Crippen molar-refractivity contribution in [2.45, 2.75) is 25.4 Å². The molecule has 7 heteroatoms. The normalized spacial score (nSPS) is 16.5. The van der Waals surface area contributed by atoms with E-state index in [-0.39, 0.29) is 0 Å². The van der Waals surface area contributed by atoms with Crippen molar-refractivity contribution < 1.29 is 0 Å². The van der Waals surface area contributed by atoms with Crippen molar-refractivity contribution in [1.82, 2.24) is 19.9 Å². The Labute approximate surface area is 141 Å². The molecule has 0 atom stereocenters. The van der Waals surface area contributed by atoms with Crippen molar-refractivity contribution in [3.63, 3.8) is 0 Å². The molecule has 0 spiro atoms. The molecule has 0 aliphatic carbocycles. The van der Waals surface area contributed by atoms with Crippen LogP contribution in [0.5, 0.6) is 0 Å². The maximum atomic E-state index is 4.65. The third kappa shape index (κ3) is 3.97. The summed E-state index contributed by atoms with van der Waals surface area (Å²) in [4.78, 5) is 20.1. The van der Waals surface area contributed by atoms with Crippen LogP contribution in [0.15, 0.2) is 23.2 Å². The van der Waals surface area contributed by atoms with Crippen molar-refractivity contribution in [2.24, 2.45) is 0 Å². The molecule has 0 saturated carbocycles. The summed E-state index contributed by atoms with van der Waals surface area (Å²) in [6.07, 6.45) is 4.15. The second-order valence-electron chi connectivity index (χ2n) is 6.21. The van der Waals surface area contributed by atoms with Crippen LogP contribution in [0.25, 0.3) is 0 Å². The third-order valence-electron chi connectivity index (χ3n) is 4.36. The minimum Gasteiger partial charge on any atom is -0.356 e. The van der Waals surface area contributed by atoms with Gasteiger partial charge in [-0.15, -0.1) is 11.3 Å². The standard InChI is InChI=1S/C16H24N6S/c1-20(2)16-17-7-4-15(19-16)21(3)14-5-8-22(9-6-14)10-13-11-23-12-18-13/h4,7,11-12,14H,5-6,8-10H2,1-3H3. The van der Waals surface area contributed by atoms with E-state index in [1.54, 1.807) is 11.3 Å². The van der Waals surface area contributed by atoms with E-state index in [9.17, 15) is 0 Å². The zero-order valence-electron chi connectivity index (χ0n) is 14.0. The molecule has 3 heterocycles. The van der Waals surface area contributed by atoms with Gasteiger partial charge in [0.15, 0.2) is 0 Å². The number of anilines is 2. The van der Waals surface area contributed by atoms with E-state index in [4.69, 9.17) is 0 Å². The number of hydrogen-bond acceptors (Lipinski definition) is 7. The topological polar surface area (TPSA) is 48.4 Å². The first kappa shape index (κ1) is 16.1. The summed E-state index contributed by atoms with van der Waals surface area (Å²) in [5.74, 6) is 1.76. The molecule has 0 aromatic carbocycles. The first-order valence-electron chi connectivity index (χ1n) is 7.96. The van der Waals surface area contributed by atoms with Gasteiger partial charge < -0.3 is 9.80 Å². The van der Waals surface area contributed by atoms with E-state index >= 15 is 0 Å². The van der Waals surface area contributed by atoms with Gasteiger partial charge >= 0.3 is 0 Å². The molecule has 3 rings (SSSR count). The summed E-state index contributed by atoms with van der Waals surface area (Å²) in [5.41, 5.74) is 3.10. The van der Waals surface area contributed by atoms with Crippen LogP contribution >= 0.6 is 11.3 Å². The Kier molecular flexibility index (Phi) is 5.07. The van der Waals surface area contributed by atoms with E-state index < -0.39 is 0 Å². The fourth-order valence-electron chi connectivity index (χ4n) is 2.95. The lowest BCUT2D eigenvalue weighted by Gasteiger charge is -2.37. The van der Waals surface area contributed by atoms with Gasteiger partial charge in [-0.3, -0.25) is 4.90 Å². The van der Waals surface area contributed by atoms with Gasteiger partial charge in [-0.25, -0.2) is 9.97 Å². The van der Waals surface area contributed by atoms with Crippen molar-refractivity contribution >= 4 is 23.1 Å². The van der Waals surface area contributed by atoms with Gasteiger partial charge in [0.2, 0.25) is 5.95 Å². The fourth-order valence-corrected chi connectivity index (χ4v) is 3.50. The zero-order valence-corrected chi connectivity index (χ0v) is 14.8. The van der Waals surface area contributed by atoms with Crippen molar-refractivity contribution in [3.8, 4) is 0 Å². The Morgan fingerprint density at radius 2 is 2.00 bits per heavy atom. The largest absolute Gasteiger partial charge is 0.356 e. The molecule has 2 aromatic rings. The van der Waals surface area contributed by atoms with Crippen LogP contribution in [-0.4, -0.2) is 60.1 Å². The number of rotatable bonds is 5. The van der Waals surface area contributed by atoms with E-state index in [2.05, 4.69) is 37.2 Å². The molecule has 23 heavy (non-hydrogen) atoms. The second kappa shape index (κ2) is 7.23. The molecular weight excluding hydrogens is 308 g/mol. The average molecular weight is 332 g/mol. The Morgan fingerprint density at radius 1 is 1.22 bits per heavy atom. The Morgan fingerprint density at radius 3 is 2.65 bits per heavy atom. The van der Waals surface area contributed by atoms with Gasteiger partial charge in [0, 0.05) is 58.4 Å². The smallest absolute Gasteiger partial charge is 0.226 e. The molecule has 0 unspecified atom stereocenters. The summed E-state index contributed by atoms with van der Waals surface area (Å²) in [6.45, 7) is 3.19. The molecule has 124 valence electrons. The molecule has 1 aliphatic rings. The Hall–Kier alpha value is -1.73. The predicted octanol–water partition coefficient (Wildman–Crippen LogP) is 2.10. The highest BCUT2D eigenvalue weighted by Gasteiger charge is 2.24. The maximum absolute atomic E-state index is 4.65. The van der Waals surface area contributed by atoms with Crippen LogP contribution in [0.2, 0.25) is 0 Å². The molecule has 6 nitrogen and oxygen atoms in total. The highest BCUT2D eigenvalue weighted by molar-refractivity contribution is 7.07. The lowest BCUT2D eigenvalue weighted by Crippen LogP contribution is -2.43. The van der Waals surface area contributed by atoms with Gasteiger partial charge in [-0.05, 0) is 18.9 Å². The monoisotopic (exact) mass is 332 g/mol. The molecule has 0 amide bonds. The number of nitrogens with zero attached hydrogens (tertiary/aromatic N) is 6. The minimum atomic E-state index is 0.534. The SMILES string of the molecule is CN(C)c1nccc(N(C)C2CCN(Cc3cscn3)CC2)n1. The molecule has 1 fully saturated rings. The molecule has 2 aromatic heterocycles. The van der Waals surface area contributed by atoms with Crippen molar-refractivity contribution in [2.75, 3.05) is 44.0 Å². The first-order valence-corrected chi connectivity index (χ1v) is 8.90. The highest BCUT2D eigenvalue weighted by atomic mass is 32.1. The summed E-state index contributed by atoms with van der Waals surface area (Å²) >= 11 is 1.67. The number of hydrogen-bond donors (Lipinski definition) is 0. The highest BCUT2D eigenvalue weighted by Crippen LogP contribution is 2.22. The van der Waals surface area contributed by atoms with E-state index in [0.29, 0.717) is 6.04 Å². The lowest BCUT2D eigenvalue weighted by atomic mass is 10.0. The summed E-state index contributed by atoms with van der Waals surface area (Å²) < 4.78 is 0. The third-order valence-corrected chi connectivity index (χ3v) is 5.00. The summed E-state index contributed by atoms with van der Waals surface area (Å²) in [7, 11) is 6.08. The van der Waals surface area contributed by atoms with Gasteiger partial charge in [-0.2, -0.15) is 4.98 Å². The molecule has 1 aliphatic heterocycles. The van der Waals surface area contributed by atoms with E-state index in [1.165, 1.54) is 5.69 Å². The van der Waals surface area contributed by atoms with Crippen molar-refractivity contribution in [3.05, 3.63) is 28.8 Å². The second-order valence-corrected chi connectivity index (χ2v) is 6.93. The predicted molar refractivity (Wildman–Crippen MR) is 95.2 cm³/mol. The van der Waals surface area contributed by atoms with Crippen LogP contribution in [0.4, 0.5) is 11.8 Å². The average Bonchev–Trinajstić information content (AvgIpc) is 3.08. The van der Waals surface area contributed by atoms with Gasteiger partial charge in [0.05, 0.1) is 11.2 Å². The van der Waals surface area contributed by atoms with Gasteiger partial charge in [-0.1, -0.05) is 0 Å². The van der Waals surface area contributed by atoms with Gasteiger partial charge in [0.1, 0.15) is 5.82 Å². The van der Waals surface area contributed by atoms with Crippen LogP contribution in [0.3, 0.4) is 0 Å². The van der Waals surface area contributed by atoms with Crippen LogP contribution in [-0.2, 0) is 6.54 Å². The lowest BCUT2D eigenvalue weighted by molar-refractivity contribution is 0.201. The fraction of sp³-hybridized carbons (Fsp3) is 0.562. The minimum absolute atomic E-state index is 0.534. The van der Waals surface area contributed by atoms with Gasteiger partial charge in [0.25, 0.3) is 0 Å². The molecule has 1 saturated heterocycles. The van der Waals surface area contributed by atoms with E-state index in [1.807, 2.05) is 36.8 Å². The number of likely N-dealkylation sites (tertiary alicyclic amines) is 1. The van der Waals surface area contributed by atoms with Crippen LogP contribution in [0.1, 0.15) is 18.5 Å². The van der Waals surface area contributed by atoms with Crippen molar-refractivity contribution in [1.29, 1.82) is 0 Å². The zero-order chi connectivity index (χ0) is 16.2. The number of piperidine rings is 1. The van der Waals surface area contributed by atoms with Crippen LogP contribution in [0, 0.1) is 0 Å². The maximum Gasteiger partial charge on any atom is 0.226 e. The quantitative estimate of drug-likeness (QED) is 0.836. The van der Waals surface area contributed by atoms with E-state index in [0.717, 1.165) is 44.2 Å². The number of aromatic nitrogens is 3. The summed E-state index contributed by atoms with van der Waals surface area (Å²) in [6, 6.07) is 2.53. The van der Waals surface area contributed by atoms with Crippen LogP contribution < -0.4 is 9.80 Å². The molecule has 0 N–H and O–H groups in total.